The lowest BCUT2D eigenvalue weighted by atomic mass is 10.1. The summed E-state index contributed by atoms with van der Waals surface area (Å²) in [5.41, 5.74) is 3.29. The van der Waals surface area contributed by atoms with Crippen molar-refractivity contribution in [2.45, 2.75) is 26.7 Å². The summed E-state index contributed by atoms with van der Waals surface area (Å²) in [6.45, 7) is 6.58. The standard InChI is InChI=1S/C24H30N2O4/c1-18-4-7-20(8-5-18)17-24(28)26-13-11-25(12-14-26)23(27)10-15-30-21-9-6-19(2)16-22(21)29-3/h4-9,16H,10-15,17H2,1-3H3. The van der Waals surface area contributed by atoms with E-state index in [0.717, 1.165) is 11.1 Å². The van der Waals surface area contributed by atoms with E-state index in [1.165, 1.54) is 5.56 Å². The first-order valence-corrected chi connectivity index (χ1v) is 10.3. The summed E-state index contributed by atoms with van der Waals surface area (Å²) in [5.74, 6) is 1.47. The SMILES string of the molecule is COc1cc(C)ccc1OCCC(=O)N1CCN(C(=O)Cc2ccc(C)cc2)CC1. The summed E-state index contributed by atoms with van der Waals surface area (Å²) in [6, 6.07) is 13.8. The Morgan fingerprint density at radius 1 is 0.833 bits per heavy atom. The normalized spacial score (nSPS) is 13.8. The summed E-state index contributed by atoms with van der Waals surface area (Å²) in [6.07, 6.45) is 0.703. The maximum Gasteiger partial charge on any atom is 0.227 e. The summed E-state index contributed by atoms with van der Waals surface area (Å²) in [5, 5.41) is 0. The van der Waals surface area contributed by atoms with Gasteiger partial charge in [0.05, 0.1) is 26.6 Å². The molecular formula is C24H30N2O4. The number of rotatable bonds is 7. The zero-order valence-electron chi connectivity index (χ0n) is 18.0. The van der Waals surface area contributed by atoms with Gasteiger partial charge in [-0.1, -0.05) is 35.9 Å². The molecule has 0 bridgehead atoms. The van der Waals surface area contributed by atoms with Gasteiger partial charge in [-0.05, 0) is 37.1 Å². The van der Waals surface area contributed by atoms with E-state index in [-0.39, 0.29) is 11.8 Å². The summed E-state index contributed by atoms with van der Waals surface area (Å²) >= 11 is 0. The average molecular weight is 411 g/mol. The number of carbonyl (C=O) groups excluding carboxylic acids is 2. The highest BCUT2D eigenvalue weighted by Crippen LogP contribution is 2.27. The zero-order chi connectivity index (χ0) is 21.5. The Morgan fingerprint density at radius 2 is 1.43 bits per heavy atom. The van der Waals surface area contributed by atoms with Gasteiger partial charge in [-0.15, -0.1) is 0 Å². The molecule has 1 fully saturated rings. The highest BCUT2D eigenvalue weighted by Gasteiger charge is 2.24. The van der Waals surface area contributed by atoms with Crippen molar-refractivity contribution in [2.24, 2.45) is 0 Å². The van der Waals surface area contributed by atoms with E-state index in [0.29, 0.717) is 57.1 Å². The monoisotopic (exact) mass is 410 g/mol. The van der Waals surface area contributed by atoms with Crippen molar-refractivity contribution in [3.8, 4) is 11.5 Å². The number of aryl methyl sites for hydroxylation is 2. The molecule has 160 valence electrons. The van der Waals surface area contributed by atoms with E-state index in [1.807, 2.05) is 66.1 Å². The third kappa shape index (κ3) is 5.75. The van der Waals surface area contributed by atoms with E-state index >= 15 is 0 Å². The molecule has 2 amide bonds. The number of piperazine rings is 1. The summed E-state index contributed by atoms with van der Waals surface area (Å²) < 4.78 is 11.1. The van der Waals surface area contributed by atoms with Gasteiger partial charge in [-0.2, -0.15) is 0 Å². The van der Waals surface area contributed by atoms with Crippen LogP contribution in [0.1, 0.15) is 23.1 Å². The first kappa shape index (κ1) is 21.7. The lowest BCUT2D eigenvalue weighted by Crippen LogP contribution is -2.51. The Balaban J connectivity index is 1.41. The predicted molar refractivity (Wildman–Crippen MR) is 116 cm³/mol. The number of nitrogens with zero attached hydrogens (tertiary/aromatic N) is 2. The first-order chi connectivity index (χ1) is 14.5. The van der Waals surface area contributed by atoms with Gasteiger partial charge in [0.15, 0.2) is 11.5 Å². The number of benzene rings is 2. The van der Waals surface area contributed by atoms with Crippen LogP contribution in [0.4, 0.5) is 0 Å². The summed E-state index contributed by atoms with van der Waals surface area (Å²) in [7, 11) is 1.60. The van der Waals surface area contributed by atoms with Gasteiger partial charge < -0.3 is 19.3 Å². The molecule has 6 nitrogen and oxygen atoms in total. The van der Waals surface area contributed by atoms with E-state index in [1.54, 1.807) is 7.11 Å². The van der Waals surface area contributed by atoms with Crippen LogP contribution in [-0.4, -0.2) is 61.5 Å². The van der Waals surface area contributed by atoms with E-state index in [2.05, 4.69) is 0 Å². The largest absolute Gasteiger partial charge is 0.493 e. The Labute approximate surface area is 178 Å². The molecule has 0 spiro atoms. The van der Waals surface area contributed by atoms with Gasteiger partial charge in [0, 0.05) is 26.2 Å². The lowest BCUT2D eigenvalue weighted by molar-refractivity contribution is -0.139. The average Bonchev–Trinajstić information content (AvgIpc) is 2.76. The molecule has 0 N–H and O–H groups in total. The van der Waals surface area contributed by atoms with Crippen molar-refractivity contribution in [3.05, 3.63) is 59.2 Å². The van der Waals surface area contributed by atoms with Gasteiger partial charge in [-0.3, -0.25) is 9.59 Å². The minimum absolute atomic E-state index is 0.0479. The minimum Gasteiger partial charge on any atom is -0.493 e. The molecule has 1 saturated heterocycles. The Morgan fingerprint density at radius 3 is 2.07 bits per heavy atom. The zero-order valence-corrected chi connectivity index (χ0v) is 18.0. The quantitative estimate of drug-likeness (QED) is 0.704. The van der Waals surface area contributed by atoms with Crippen LogP contribution in [0.5, 0.6) is 11.5 Å². The smallest absolute Gasteiger partial charge is 0.227 e. The fourth-order valence-electron chi connectivity index (χ4n) is 3.50. The van der Waals surface area contributed by atoms with Crippen LogP contribution in [0.2, 0.25) is 0 Å². The molecular weight excluding hydrogens is 380 g/mol. The van der Waals surface area contributed by atoms with Gasteiger partial charge in [-0.25, -0.2) is 0 Å². The number of methoxy groups -OCH3 is 1. The number of carbonyl (C=O) groups is 2. The Bertz CT molecular complexity index is 871. The molecule has 0 radical (unpaired) electrons. The van der Waals surface area contributed by atoms with Gasteiger partial charge in [0.1, 0.15) is 0 Å². The van der Waals surface area contributed by atoms with Crippen molar-refractivity contribution >= 4 is 11.8 Å². The van der Waals surface area contributed by atoms with Crippen LogP contribution >= 0.6 is 0 Å². The molecule has 1 aliphatic rings. The molecule has 2 aromatic rings. The highest BCUT2D eigenvalue weighted by molar-refractivity contribution is 5.80. The highest BCUT2D eigenvalue weighted by atomic mass is 16.5. The number of ether oxygens (including phenoxy) is 2. The minimum atomic E-state index is 0.0479. The Hall–Kier alpha value is -3.02. The first-order valence-electron chi connectivity index (χ1n) is 10.3. The van der Waals surface area contributed by atoms with Crippen LogP contribution in [0.3, 0.4) is 0 Å². The fraction of sp³-hybridized carbons (Fsp3) is 0.417. The van der Waals surface area contributed by atoms with Crippen molar-refractivity contribution in [1.82, 2.24) is 9.80 Å². The van der Waals surface area contributed by atoms with E-state index < -0.39 is 0 Å². The van der Waals surface area contributed by atoms with E-state index in [4.69, 9.17) is 9.47 Å². The van der Waals surface area contributed by atoms with E-state index in [9.17, 15) is 9.59 Å². The van der Waals surface area contributed by atoms with Crippen LogP contribution < -0.4 is 9.47 Å². The molecule has 2 aromatic carbocycles. The predicted octanol–water partition coefficient (Wildman–Crippen LogP) is 2.99. The molecule has 3 rings (SSSR count). The van der Waals surface area contributed by atoms with Crippen molar-refractivity contribution < 1.29 is 19.1 Å². The summed E-state index contributed by atoms with van der Waals surface area (Å²) in [4.78, 5) is 28.7. The van der Waals surface area contributed by atoms with Gasteiger partial charge in [0.25, 0.3) is 0 Å². The molecule has 1 heterocycles. The number of amides is 2. The topological polar surface area (TPSA) is 59.1 Å². The number of hydrogen-bond donors (Lipinski definition) is 0. The van der Waals surface area contributed by atoms with Gasteiger partial charge in [0.2, 0.25) is 11.8 Å². The number of hydrogen-bond acceptors (Lipinski definition) is 4. The van der Waals surface area contributed by atoms with Crippen molar-refractivity contribution in [3.63, 3.8) is 0 Å². The van der Waals surface area contributed by atoms with Crippen LogP contribution in [0.25, 0.3) is 0 Å². The second kappa shape index (κ2) is 10.1. The Kier molecular flexibility index (Phi) is 7.33. The van der Waals surface area contributed by atoms with Gasteiger partial charge >= 0.3 is 0 Å². The molecule has 0 aliphatic carbocycles. The molecule has 6 heteroatoms. The van der Waals surface area contributed by atoms with Crippen LogP contribution in [-0.2, 0) is 16.0 Å². The molecule has 30 heavy (non-hydrogen) atoms. The second-order valence-electron chi connectivity index (χ2n) is 7.68. The molecule has 0 unspecified atom stereocenters. The third-order valence-electron chi connectivity index (χ3n) is 5.35. The molecule has 0 atom stereocenters. The maximum atomic E-state index is 12.5. The van der Waals surface area contributed by atoms with Crippen LogP contribution in [0.15, 0.2) is 42.5 Å². The lowest BCUT2D eigenvalue weighted by Gasteiger charge is -2.35. The van der Waals surface area contributed by atoms with Crippen molar-refractivity contribution in [1.29, 1.82) is 0 Å². The molecule has 0 saturated carbocycles. The second-order valence-corrected chi connectivity index (χ2v) is 7.68. The molecule has 0 aromatic heterocycles. The maximum absolute atomic E-state index is 12.5. The van der Waals surface area contributed by atoms with Crippen molar-refractivity contribution in [2.75, 3.05) is 39.9 Å². The molecule has 1 aliphatic heterocycles. The third-order valence-corrected chi connectivity index (χ3v) is 5.35. The van der Waals surface area contributed by atoms with Crippen LogP contribution in [0, 0.1) is 13.8 Å². The fourth-order valence-corrected chi connectivity index (χ4v) is 3.50.